The Morgan fingerprint density at radius 3 is 2.66 bits per heavy atom. The first-order valence-corrected chi connectivity index (χ1v) is 12.9. The van der Waals surface area contributed by atoms with E-state index in [1.807, 2.05) is 36.1 Å². The number of hydrogen-bond acceptors (Lipinski definition) is 6. The summed E-state index contributed by atoms with van der Waals surface area (Å²) in [6, 6.07) is 9.83. The second kappa shape index (κ2) is 12.0. The molecular weight excluding hydrogens is 483 g/mol. The number of rotatable bonds is 8. The first kappa shape index (κ1) is 27.0. The highest BCUT2D eigenvalue weighted by Gasteiger charge is 2.38. The van der Waals surface area contributed by atoms with Gasteiger partial charge in [-0.25, -0.2) is 9.38 Å². The van der Waals surface area contributed by atoms with Crippen LogP contribution in [-0.2, 0) is 4.79 Å². The Labute approximate surface area is 223 Å². The highest BCUT2D eigenvalue weighted by Crippen LogP contribution is 2.44. The standard InChI is InChI=1S/C30H35FN4O3/c1-5-7-10-22(9-6-2)33-15-17-34(18-16-33)30-32-29-23(11-8-12-24(29)31)25(20-28(36)37)35(30)26-19-21(3)13-14-27(26)38-4/h6-14,19,25H,2,5,15-18,20H2,1,3-4H3,(H,36,37)/b10-7-,22-9+. The number of guanidine groups is 1. The van der Waals surface area contributed by atoms with Crippen molar-refractivity contribution in [3.05, 3.63) is 89.9 Å². The second-order valence-electron chi connectivity index (χ2n) is 9.36. The molecular formula is C30H35FN4O3. The predicted octanol–water partition coefficient (Wildman–Crippen LogP) is 5.82. The van der Waals surface area contributed by atoms with Crippen LogP contribution in [0, 0.1) is 12.7 Å². The van der Waals surface area contributed by atoms with Gasteiger partial charge in [0.05, 0.1) is 25.3 Å². The summed E-state index contributed by atoms with van der Waals surface area (Å²) in [5.74, 6) is -0.325. The topological polar surface area (TPSA) is 68.6 Å². The molecule has 2 aromatic carbocycles. The van der Waals surface area contributed by atoms with Gasteiger partial charge >= 0.3 is 5.97 Å². The number of benzene rings is 2. The van der Waals surface area contributed by atoms with Gasteiger partial charge in [0, 0.05) is 37.4 Å². The number of carboxylic acid groups (broad SMARTS) is 1. The number of carboxylic acids is 1. The minimum atomic E-state index is -0.977. The van der Waals surface area contributed by atoms with Crippen LogP contribution in [0.15, 0.2) is 78.0 Å². The van der Waals surface area contributed by atoms with E-state index in [1.54, 1.807) is 25.3 Å². The van der Waals surface area contributed by atoms with Crippen LogP contribution in [0.4, 0.5) is 15.8 Å². The molecule has 0 amide bonds. The number of aliphatic imine (C=N–C) groups is 1. The van der Waals surface area contributed by atoms with Crippen LogP contribution in [-0.4, -0.2) is 60.1 Å². The number of nitrogens with zero attached hydrogens (tertiary/aromatic N) is 4. The number of ether oxygens (including phenoxy) is 1. The van der Waals surface area contributed by atoms with Gasteiger partial charge < -0.3 is 24.5 Å². The van der Waals surface area contributed by atoms with Crippen molar-refractivity contribution in [1.82, 2.24) is 9.80 Å². The van der Waals surface area contributed by atoms with Crippen LogP contribution in [0.25, 0.3) is 0 Å². The molecule has 2 aliphatic heterocycles. The number of allylic oxidation sites excluding steroid dienone is 4. The fraction of sp³-hybridized carbons (Fsp3) is 0.333. The van der Waals surface area contributed by atoms with Crippen LogP contribution < -0.4 is 9.64 Å². The molecule has 4 rings (SSSR count). The Hall–Kier alpha value is -4.07. The number of piperazine rings is 1. The van der Waals surface area contributed by atoms with Crippen molar-refractivity contribution >= 4 is 23.3 Å². The zero-order valence-electron chi connectivity index (χ0n) is 22.2. The number of fused-ring (bicyclic) bond motifs is 1. The molecule has 0 aliphatic carbocycles. The zero-order valence-corrected chi connectivity index (χ0v) is 22.2. The third kappa shape index (κ3) is 5.59. The third-order valence-corrected chi connectivity index (χ3v) is 6.82. The van der Waals surface area contributed by atoms with E-state index in [0.717, 1.165) is 30.8 Å². The van der Waals surface area contributed by atoms with Gasteiger partial charge in [-0.15, -0.1) is 0 Å². The first-order chi connectivity index (χ1) is 18.4. The predicted molar refractivity (Wildman–Crippen MR) is 150 cm³/mol. The molecule has 200 valence electrons. The van der Waals surface area contributed by atoms with Crippen molar-refractivity contribution in [2.75, 3.05) is 38.2 Å². The summed E-state index contributed by atoms with van der Waals surface area (Å²) in [7, 11) is 1.59. The SMILES string of the molecule is C=C/C=C(\C=C/CC)N1CCN(C2=Nc3c(F)cccc3C(CC(=O)O)N2c2cc(C)ccc2OC)CC1. The van der Waals surface area contributed by atoms with Crippen LogP contribution in [0.1, 0.15) is 36.9 Å². The maximum absolute atomic E-state index is 15.1. The second-order valence-corrected chi connectivity index (χ2v) is 9.36. The number of aliphatic carboxylic acids is 1. The molecule has 38 heavy (non-hydrogen) atoms. The number of para-hydroxylation sites is 1. The van der Waals surface area contributed by atoms with Crippen molar-refractivity contribution in [1.29, 1.82) is 0 Å². The summed E-state index contributed by atoms with van der Waals surface area (Å²) < 4.78 is 20.8. The molecule has 2 aliphatic rings. The Kier molecular flexibility index (Phi) is 8.51. The maximum atomic E-state index is 15.1. The van der Waals surface area contributed by atoms with E-state index < -0.39 is 17.8 Å². The summed E-state index contributed by atoms with van der Waals surface area (Å²) in [5, 5.41) is 9.89. The van der Waals surface area contributed by atoms with Crippen LogP contribution in [0.2, 0.25) is 0 Å². The van der Waals surface area contributed by atoms with E-state index in [4.69, 9.17) is 9.73 Å². The van der Waals surface area contributed by atoms with E-state index in [2.05, 4.69) is 35.5 Å². The fourth-order valence-corrected chi connectivity index (χ4v) is 5.00. The molecule has 0 spiro atoms. The molecule has 2 heterocycles. The van der Waals surface area contributed by atoms with Crippen molar-refractivity contribution in [2.24, 2.45) is 4.99 Å². The van der Waals surface area contributed by atoms with Gasteiger partial charge in [0.1, 0.15) is 17.3 Å². The molecule has 8 heteroatoms. The number of anilines is 1. The smallest absolute Gasteiger partial charge is 0.305 e. The largest absolute Gasteiger partial charge is 0.495 e. The van der Waals surface area contributed by atoms with Crippen molar-refractivity contribution in [2.45, 2.75) is 32.7 Å². The molecule has 7 nitrogen and oxygen atoms in total. The van der Waals surface area contributed by atoms with Crippen molar-refractivity contribution < 1.29 is 19.0 Å². The van der Waals surface area contributed by atoms with Gasteiger partial charge in [-0.05, 0) is 49.3 Å². The van der Waals surface area contributed by atoms with E-state index in [-0.39, 0.29) is 12.1 Å². The molecule has 1 fully saturated rings. The highest BCUT2D eigenvalue weighted by molar-refractivity contribution is 6.02. The lowest BCUT2D eigenvalue weighted by Crippen LogP contribution is -2.55. The Bertz CT molecular complexity index is 1280. The quantitative estimate of drug-likeness (QED) is 0.444. The Morgan fingerprint density at radius 1 is 1.24 bits per heavy atom. The van der Waals surface area contributed by atoms with Gasteiger partial charge in [0.25, 0.3) is 0 Å². The molecule has 1 unspecified atom stereocenters. The molecule has 2 aromatic rings. The molecule has 1 N–H and O–H groups in total. The zero-order chi connectivity index (χ0) is 27.2. The highest BCUT2D eigenvalue weighted by atomic mass is 19.1. The number of methoxy groups -OCH3 is 1. The lowest BCUT2D eigenvalue weighted by atomic mass is 9.96. The summed E-state index contributed by atoms with van der Waals surface area (Å²) in [6.07, 6.45) is 8.73. The van der Waals surface area contributed by atoms with E-state index in [9.17, 15) is 9.90 Å². The van der Waals surface area contributed by atoms with Crippen molar-refractivity contribution in [3.63, 3.8) is 0 Å². The van der Waals surface area contributed by atoms with E-state index in [0.29, 0.717) is 36.0 Å². The lowest BCUT2D eigenvalue weighted by molar-refractivity contribution is -0.137. The summed E-state index contributed by atoms with van der Waals surface area (Å²) >= 11 is 0. The van der Waals surface area contributed by atoms with Crippen LogP contribution >= 0.6 is 0 Å². The van der Waals surface area contributed by atoms with Gasteiger partial charge in [-0.1, -0.05) is 43.9 Å². The third-order valence-electron chi connectivity index (χ3n) is 6.82. The van der Waals surface area contributed by atoms with Crippen LogP contribution in [0.5, 0.6) is 5.75 Å². The fourth-order valence-electron chi connectivity index (χ4n) is 5.00. The first-order valence-electron chi connectivity index (χ1n) is 12.9. The van der Waals surface area contributed by atoms with E-state index >= 15 is 4.39 Å². The van der Waals surface area contributed by atoms with Gasteiger partial charge in [0.15, 0.2) is 0 Å². The average molecular weight is 519 g/mol. The molecule has 1 saturated heterocycles. The number of carbonyl (C=O) groups is 1. The molecule has 0 aromatic heterocycles. The molecule has 1 atom stereocenters. The molecule has 0 radical (unpaired) electrons. The molecule has 0 saturated carbocycles. The minimum absolute atomic E-state index is 0.192. The number of hydrogen-bond donors (Lipinski definition) is 1. The van der Waals surface area contributed by atoms with Gasteiger partial charge in [-0.2, -0.15) is 0 Å². The van der Waals surface area contributed by atoms with Gasteiger partial charge in [0.2, 0.25) is 5.96 Å². The van der Waals surface area contributed by atoms with Crippen LogP contribution in [0.3, 0.4) is 0 Å². The van der Waals surface area contributed by atoms with Crippen molar-refractivity contribution in [3.8, 4) is 5.75 Å². The van der Waals surface area contributed by atoms with E-state index in [1.165, 1.54) is 6.07 Å². The van der Waals surface area contributed by atoms with Gasteiger partial charge in [-0.3, -0.25) is 4.79 Å². The average Bonchev–Trinajstić information content (AvgIpc) is 2.91. The Morgan fingerprint density at radius 2 is 2.00 bits per heavy atom. The summed E-state index contributed by atoms with van der Waals surface area (Å²) in [5.41, 5.74) is 3.51. The summed E-state index contributed by atoms with van der Waals surface area (Å²) in [6.45, 7) is 10.6. The number of halogens is 1. The lowest BCUT2D eigenvalue weighted by Gasteiger charge is -2.45. The monoisotopic (exact) mass is 518 g/mol. The normalized spacial score (nSPS) is 17.9. The Balaban J connectivity index is 1.79. The maximum Gasteiger partial charge on any atom is 0.305 e. The molecule has 0 bridgehead atoms. The summed E-state index contributed by atoms with van der Waals surface area (Å²) in [4.78, 5) is 23.2. The minimum Gasteiger partial charge on any atom is -0.495 e. The number of aryl methyl sites for hydroxylation is 1.